The summed E-state index contributed by atoms with van der Waals surface area (Å²) >= 11 is 0. The lowest BCUT2D eigenvalue weighted by atomic mass is 9.62. The van der Waals surface area contributed by atoms with Crippen molar-refractivity contribution in [3.8, 4) is 11.5 Å². The highest BCUT2D eigenvalue weighted by molar-refractivity contribution is 5.72. The largest absolute Gasteiger partial charge is 0.412 e. The summed E-state index contributed by atoms with van der Waals surface area (Å²) in [5.41, 5.74) is 4.70. The average Bonchev–Trinajstić information content (AvgIpc) is 3.12. The van der Waals surface area contributed by atoms with Crippen molar-refractivity contribution in [3.63, 3.8) is 0 Å². The predicted octanol–water partition coefficient (Wildman–Crippen LogP) is 13.6. The number of hydrogen-bond donors (Lipinski definition) is 2. The van der Waals surface area contributed by atoms with Crippen LogP contribution < -0.4 is 20.1 Å². The Labute approximate surface area is 330 Å². The SMILES string of the molecule is CCCCCCc1ccc(OC(=O)NCC2(C)CC(NC(=O)Oc3ccc(CCCCCC)cc3CCCCCC)CC(C)(C)C2)c(CCCCCC)c1. The van der Waals surface area contributed by atoms with Crippen molar-refractivity contribution < 1.29 is 19.1 Å². The maximum atomic E-state index is 13.5. The molecule has 1 fully saturated rings. The van der Waals surface area contributed by atoms with E-state index in [1.165, 1.54) is 101 Å². The van der Waals surface area contributed by atoms with Crippen molar-refractivity contribution in [2.75, 3.05) is 6.54 Å². The molecule has 3 rings (SSSR count). The van der Waals surface area contributed by atoms with E-state index in [-0.39, 0.29) is 16.9 Å². The maximum Gasteiger partial charge on any atom is 0.412 e. The highest BCUT2D eigenvalue weighted by atomic mass is 16.6. The standard InChI is InChI=1S/C48H78N2O4/c1-8-12-16-20-24-38-28-30-43(40(32-38)26-22-18-14-10-3)53-45(51)49-37-48(7)35-42(34-47(5,6)36-48)50-46(52)54-44-31-29-39(25-21-17-13-9-2)33-41(44)27-23-19-15-11-4/h28-33,42H,8-27,34-37H2,1-7H3,(H,49,51)(H,50,52). The van der Waals surface area contributed by atoms with Crippen LogP contribution in [0.5, 0.6) is 11.5 Å². The number of aryl methyl sites for hydroxylation is 4. The molecule has 2 N–H and O–H groups in total. The number of carbonyl (C=O) groups excluding carboxylic acids is 2. The molecule has 0 aromatic heterocycles. The first-order valence-corrected chi connectivity index (χ1v) is 22.2. The number of nitrogens with one attached hydrogen (secondary N) is 2. The zero-order valence-electron chi connectivity index (χ0n) is 35.6. The first-order valence-electron chi connectivity index (χ1n) is 22.2. The number of rotatable bonds is 25. The van der Waals surface area contributed by atoms with Gasteiger partial charge in [0.15, 0.2) is 0 Å². The summed E-state index contributed by atoms with van der Waals surface area (Å²) in [6.07, 6.45) is 25.0. The van der Waals surface area contributed by atoms with Crippen molar-refractivity contribution in [3.05, 3.63) is 58.7 Å². The average molecular weight is 747 g/mol. The van der Waals surface area contributed by atoms with E-state index in [0.717, 1.165) is 68.9 Å². The fourth-order valence-corrected chi connectivity index (χ4v) is 8.75. The summed E-state index contributed by atoms with van der Waals surface area (Å²) in [6, 6.07) is 12.7. The minimum Gasteiger partial charge on any atom is -0.410 e. The molecule has 0 bridgehead atoms. The van der Waals surface area contributed by atoms with E-state index in [1.807, 2.05) is 12.1 Å². The van der Waals surface area contributed by atoms with Gasteiger partial charge in [-0.2, -0.15) is 0 Å². The Kier molecular flexibility index (Phi) is 20.6. The molecule has 1 saturated carbocycles. The fraction of sp³-hybridized carbons (Fsp3) is 0.708. The molecule has 2 unspecified atom stereocenters. The number of carbonyl (C=O) groups is 2. The molecule has 0 aliphatic heterocycles. The molecule has 2 amide bonds. The second-order valence-electron chi connectivity index (χ2n) is 17.7. The predicted molar refractivity (Wildman–Crippen MR) is 227 cm³/mol. The Morgan fingerprint density at radius 1 is 0.593 bits per heavy atom. The normalized spacial score (nSPS) is 17.9. The van der Waals surface area contributed by atoms with E-state index in [1.54, 1.807) is 0 Å². The van der Waals surface area contributed by atoms with Crippen molar-refractivity contribution in [1.29, 1.82) is 0 Å². The van der Waals surface area contributed by atoms with Crippen LogP contribution in [-0.2, 0) is 25.7 Å². The van der Waals surface area contributed by atoms with E-state index in [2.05, 4.69) is 83.4 Å². The second kappa shape index (κ2) is 24.5. The number of amides is 2. The van der Waals surface area contributed by atoms with Gasteiger partial charge in [0.1, 0.15) is 11.5 Å². The molecule has 0 spiro atoms. The molecule has 304 valence electrons. The lowest BCUT2D eigenvalue weighted by molar-refractivity contribution is 0.0701. The van der Waals surface area contributed by atoms with Crippen LogP contribution in [0.2, 0.25) is 0 Å². The molecule has 0 saturated heterocycles. The first-order chi connectivity index (χ1) is 26.0. The molecular weight excluding hydrogens is 669 g/mol. The Morgan fingerprint density at radius 3 is 1.50 bits per heavy atom. The topological polar surface area (TPSA) is 76.7 Å². The third-order valence-corrected chi connectivity index (χ3v) is 11.3. The van der Waals surface area contributed by atoms with Crippen LogP contribution in [0.15, 0.2) is 36.4 Å². The van der Waals surface area contributed by atoms with Gasteiger partial charge >= 0.3 is 12.2 Å². The van der Waals surface area contributed by atoms with E-state index >= 15 is 0 Å². The smallest absolute Gasteiger partial charge is 0.410 e. The Balaban J connectivity index is 1.62. The minimum absolute atomic E-state index is 0.0149. The van der Waals surface area contributed by atoms with Gasteiger partial charge in [0, 0.05) is 12.6 Å². The zero-order valence-corrected chi connectivity index (χ0v) is 35.6. The number of benzene rings is 2. The van der Waals surface area contributed by atoms with Crippen LogP contribution in [0.1, 0.15) is 193 Å². The third-order valence-electron chi connectivity index (χ3n) is 11.3. The molecule has 54 heavy (non-hydrogen) atoms. The quantitative estimate of drug-likeness (QED) is 0.0992. The van der Waals surface area contributed by atoms with Gasteiger partial charge in [-0.1, -0.05) is 150 Å². The molecular formula is C48H78N2O4. The van der Waals surface area contributed by atoms with E-state index in [9.17, 15) is 9.59 Å². The summed E-state index contributed by atoms with van der Waals surface area (Å²) in [5.74, 6) is 1.35. The van der Waals surface area contributed by atoms with Gasteiger partial charge in [-0.3, -0.25) is 0 Å². The Morgan fingerprint density at radius 2 is 1.04 bits per heavy atom. The zero-order chi connectivity index (χ0) is 39.2. The highest BCUT2D eigenvalue weighted by Gasteiger charge is 2.42. The molecule has 2 atom stereocenters. The lowest BCUT2D eigenvalue weighted by Gasteiger charge is -2.46. The van der Waals surface area contributed by atoms with Crippen molar-refractivity contribution in [2.24, 2.45) is 10.8 Å². The molecule has 1 aliphatic rings. The van der Waals surface area contributed by atoms with Crippen LogP contribution in [-0.4, -0.2) is 24.8 Å². The van der Waals surface area contributed by atoms with Crippen LogP contribution in [0, 0.1) is 10.8 Å². The van der Waals surface area contributed by atoms with Gasteiger partial charge in [-0.15, -0.1) is 0 Å². The fourth-order valence-electron chi connectivity index (χ4n) is 8.75. The van der Waals surface area contributed by atoms with E-state index in [0.29, 0.717) is 18.0 Å². The monoisotopic (exact) mass is 747 g/mol. The summed E-state index contributed by atoms with van der Waals surface area (Å²) in [6.45, 7) is 16.2. The van der Waals surface area contributed by atoms with Crippen LogP contribution in [0.3, 0.4) is 0 Å². The molecule has 0 heterocycles. The molecule has 2 aromatic rings. The van der Waals surface area contributed by atoms with Gasteiger partial charge in [0.2, 0.25) is 0 Å². The summed E-state index contributed by atoms with van der Waals surface area (Å²) in [5, 5.41) is 6.35. The summed E-state index contributed by atoms with van der Waals surface area (Å²) in [7, 11) is 0. The summed E-state index contributed by atoms with van der Waals surface area (Å²) < 4.78 is 12.1. The van der Waals surface area contributed by atoms with Gasteiger partial charge in [-0.25, -0.2) is 9.59 Å². The van der Waals surface area contributed by atoms with Gasteiger partial charge in [0.25, 0.3) is 0 Å². The van der Waals surface area contributed by atoms with Crippen molar-refractivity contribution in [2.45, 2.75) is 202 Å². The second-order valence-corrected chi connectivity index (χ2v) is 17.7. The number of ether oxygens (including phenoxy) is 2. The van der Waals surface area contributed by atoms with Crippen LogP contribution >= 0.6 is 0 Å². The highest BCUT2D eigenvalue weighted by Crippen LogP contribution is 2.46. The van der Waals surface area contributed by atoms with Gasteiger partial charge in [0.05, 0.1) is 0 Å². The van der Waals surface area contributed by atoms with Crippen molar-refractivity contribution >= 4 is 12.2 Å². The van der Waals surface area contributed by atoms with E-state index in [4.69, 9.17) is 9.47 Å². The third kappa shape index (κ3) is 17.2. The van der Waals surface area contributed by atoms with Crippen LogP contribution in [0.25, 0.3) is 0 Å². The lowest BCUT2D eigenvalue weighted by Crippen LogP contribution is -2.51. The molecule has 1 aliphatic carbocycles. The number of unbranched alkanes of at least 4 members (excludes halogenated alkanes) is 12. The molecule has 0 radical (unpaired) electrons. The number of hydrogen-bond acceptors (Lipinski definition) is 4. The molecule has 6 heteroatoms. The Hall–Kier alpha value is -3.02. The van der Waals surface area contributed by atoms with Gasteiger partial charge < -0.3 is 20.1 Å². The van der Waals surface area contributed by atoms with Gasteiger partial charge in [-0.05, 0) is 116 Å². The molecule has 2 aromatic carbocycles. The first kappa shape index (κ1) is 45.4. The Bertz CT molecular complexity index is 1390. The minimum atomic E-state index is -0.408. The molecule has 6 nitrogen and oxygen atoms in total. The van der Waals surface area contributed by atoms with E-state index < -0.39 is 12.2 Å². The summed E-state index contributed by atoms with van der Waals surface area (Å²) in [4.78, 5) is 26.8. The van der Waals surface area contributed by atoms with Crippen molar-refractivity contribution in [1.82, 2.24) is 10.6 Å². The van der Waals surface area contributed by atoms with Crippen LogP contribution in [0.4, 0.5) is 9.59 Å². The maximum absolute atomic E-state index is 13.5.